The van der Waals surface area contributed by atoms with Crippen LogP contribution in [0.5, 0.6) is 0 Å². The van der Waals surface area contributed by atoms with Crippen molar-refractivity contribution in [3.05, 3.63) is 24.0 Å². The maximum Gasteiger partial charge on any atom is 0.326 e. The lowest BCUT2D eigenvalue weighted by molar-refractivity contribution is -0.140. The number of aromatic nitrogens is 1. The maximum atomic E-state index is 11.6. The minimum Gasteiger partial charge on any atom is -0.480 e. The molecule has 16 heavy (non-hydrogen) atoms. The monoisotopic (exact) mass is 224 g/mol. The van der Waals surface area contributed by atoms with Gasteiger partial charge >= 0.3 is 5.97 Å². The van der Waals surface area contributed by atoms with Gasteiger partial charge in [-0.25, -0.2) is 4.79 Å². The van der Waals surface area contributed by atoms with Crippen LogP contribution < -0.4 is 5.32 Å². The predicted molar refractivity (Wildman–Crippen MR) is 59.1 cm³/mol. The van der Waals surface area contributed by atoms with E-state index < -0.39 is 17.9 Å². The Balaban J connectivity index is 2.69. The van der Waals surface area contributed by atoms with E-state index in [1.165, 1.54) is 0 Å². The summed E-state index contributed by atoms with van der Waals surface area (Å²) in [5.74, 6) is -1.50. The molecule has 0 fully saturated rings. The zero-order valence-corrected chi connectivity index (χ0v) is 9.36. The molecule has 0 spiro atoms. The number of aromatic amines is 1. The van der Waals surface area contributed by atoms with Crippen molar-refractivity contribution in [1.29, 1.82) is 0 Å². The highest BCUT2D eigenvalue weighted by Gasteiger charge is 2.25. The van der Waals surface area contributed by atoms with Crippen LogP contribution in [0.2, 0.25) is 0 Å². The summed E-state index contributed by atoms with van der Waals surface area (Å²) in [5.41, 5.74) is 0.370. The van der Waals surface area contributed by atoms with Gasteiger partial charge in [0.25, 0.3) is 5.91 Å². The molecule has 0 aliphatic rings. The SMILES string of the molecule is CCC(C)C(NC(=O)c1ccc[nH]1)C(=O)O. The number of carboxylic acid groups (broad SMARTS) is 1. The lowest BCUT2D eigenvalue weighted by Gasteiger charge is -2.19. The highest BCUT2D eigenvalue weighted by atomic mass is 16.4. The van der Waals surface area contributed by atoms with Gasteiger partial charge in [-0.3, -0.25) is 4.79 Å². The Labute approximate surface area is 93.9 Å². The number of carbonyl (C=O) groups is 2. The molecule has 0 bridgehead atoms. The van der Waals surface area contributed by atoms with Gasteiger partial charge in [0.1, 0.15) is 11.7 Å². The fourth-order valence-corrected chi connectivity index (χ4v) is 1.37. The van der Waals surface area contributed by atoms with Crippen molar-refractivity contribution in [2.24, 2.45) is 5.92 Å². The Bertz CT molecular complexity index is 359. The van der Waals surface area contributed by atoms with Crippen LogP contribution in [0.3, 0.4) is 0 Å². The van der Waals surface area contributed by atoms with E-state index >= 15 is 0 Å². The molecule has 1 aromatic rings. The smallest absolute Gasteiger partial charge is 0.326 e. The zero-order valence-electron chi connectivity index (χ0n) is 9.36. The van der Waals surface area contributed by atoms with E-state index in [0.29, 0.717) is 12.1 Å². The Morgan fingerprint density at radius 1 is 1.56 bits per heavy atom. The number of H-pyrrole nitrogens is 1. The van der Waals surface area contributed by atoms with Gasteiger partial charge in [0, 0.05) is 6.20 Å². The van der Waals surface area contributed by atoms with Crippen LogP contribution in [0.25, 0.3) is 0 Å². The van der Waals surface area contributed by atoms with Gasteiger partial charge in [0.2, 0.25) is 0 Å². The number of amides is 1. The second-order valence-electron chi connectivity index (χ2n) is 3.76. The molecule has 1 heterocycles. The first-order valence-corrected chi connectivity index (χ1v) is 5.23. The van der Waals surface area contributed by atoms with Gasteiger partial charge in [0.15, 0.2) is 0 Å². The van der Waals surface area contributed by atoms with Gasteiger partial charge in [-0.1, -0.05) is 20.3 Å². The van der Waals surface area contributed by atoms with E-state index in [1.807, 2.05) is 6.92 Å². The van der Waals surface area contributed by atoms with E-state index in [2.05, 4.69) is 10.3 Å². The number of hydrogen-bond donors (Lipinski definition) is 3. The Morgan fingerprint density at radius 2 is 2.25 bits per heavy atom. The number of hydrogen-bond acceptors (Lipinski definition) is 2. The molecule has 1 amide bonds. The molecule has 0 aliphatic heterocycles. The van der Waals surface area contributed by atoms with E-state index in [1.54, 1.807) is 25.3 Å². The maximum absolute atomic E-state index is 11.6. The van der Waals surface area contributed by atoms with Gasteiger partial charge < -0.3 is 15.4 Å². The van der Waals surface area contributed by atoms with Crippen molar-refractivity contribution < 1.29 is 14.7 Å². The molecule has 3 N–H and O–H groups in total. The summed E-state index contributed by atoms with van der Waals surface area (Å²) in [6.45, 7) is 3.69. The Kier molecular flexibility index (Phi) is 4.10. The largest absolute Gasteiger partial charge is 0.480 e. The lowest BCUT2D eigenvalue weighted by atomic mass is 9.99. The van der Waals surface area contributed by atoms with Crippen LogP contribution >= 0.6 is 0 Å². The lowest BCUT2D eigenvalue weighted by Crippen LogP contribution is -2.45. The summed E-state index contributed by atoms with van der Waals surface area (Å²) >= 11 is 0. The fourth-order valence-electron chi connectivity index (χ4n) is 1.37. The minimum absolute atomic E-state index is 0.101. The topological polar surface area (TPSA) is 82.2 Å². The summed E-state index contributed by atoms with van der Waals surface area (Å²) in [6.07, 6.45) is 2.32. The van der Waals surface area contributed by atoms with Crippen molar-refractivity contribution in [1.82, 2.24) is 10.3 Å². The fraction of sp³-hybridized carbons (Fsp3) is 0.455. The molecular weight excluding hydrogens is 208 g/mol. The van der Waals surface area contributed by atoms with Crippen molar-refractivity contribution in [3.63, 3.8) is 0 Å². The molecule has 88 valence electrons. The van der Waals surface area contributed by atoms with E-state index in [9.17, 15) is 9.59 Å². The van der Waals surface area contributed by atoms with Crippen LogP contribution in [-0.2, 0) is 4.79 Å². The van der Waals surface area contributed by atoms with Crippen molar-refractivity contribution in [3.8, 4) is 0 Å². The standard InChI is InChI=1S/C11H16N2O3/c1-3-7(2)9(11(15)16)13-10(14)8-5-4-6-12-8/h4-7,9,12H,3H2,1-2H3,(H,13,14)(H,15,16). The number of carboxylic acids is 1. The third-order valence-electron chi connectivity index (χ3n) is 2.61. The molecule has 0 aliphatic carbocycles. The molecule has 1 aromatic heterocycles. The predicted octanol–water partition coefficient (Wildman–Crippen LogP) is 1.24. The van der Waals surface area contributed by atoms with E-state index in [4.69, 9.17) is 5.11 Å². The summed E-state index contributed by atoms with van der Waals surface area (Å²) in [5, 5.41) is 11.5. The second kappa shape index (κ2) is 5.34. The minimum atomic E-state index is -1.01. The normalized spacial score (nSPS) is 14.1. The van der Waals surface area contributed by atoms with E-state index in [-0.39, 0.29) is 5.92 Å². The molecule has 5 nitrogen and oxygen atoms in total. The molecule has 0 saturated carbocycles. The molecule has 0 saturated heterocycles. The van der Waals surface area contributed by atoms with Crippen molar-refractivity contribution in [2.75, 3.05) is 0 Å². The molecule has 5 heteroatoms. The first-order valence-electron chi connectivity index (χ1n) is 5.23. The highest BCUT2D eigenvalue weighted by molar-refractivity contribution is 5.95. The molecule has 1 rings (SSSR count). The Morgan fingerprint density at radius 3 is 2.69 bits per heavy atom. The van der Waals surface area contributed by atoms with Crippen molar-refractivity contribution >= 4 is 11.9 Å². The van der Waals surface area contributed by atoms with Crippen LogP contribution in [0.4, 0.5) is 0 Å². The second-order valence-corrected chi connectivity index (χ2v) is 3.76. The summed E-state index contributed by atoms with van der Waals surface area (Å²) in [6, 6.07) is 2.44. The number of aliphatic carboxylic acids is 1. The quantitative estimate of drug-likeness (QED) is 0.703. The summed E-state index contributed by atoms with van der Waals surface area (Å²) < 4.78 is 0. The average Bonchev–Trinajstić information content (AvgIpc) is 2.77. The molecule has 0 aromatic carbocycles. The average molecular weight is 224 g/mol. The van der Waals surface area contributed by atoms with Crippen LogP contribution in [0, 0.1) is 5.92 Å². The summed E-state index contributed by atoms with van der Waals surface area (Å²) in [4.78, 5) is 25.3. The number of carbonyl (C=O) groups excluding carboxylic acids is 1. The molecular formula is C11H16N2O3. The zero-order chi connectivity index (χ0) is 12.1. The number of nitrogens with one attached hydrogen (secondary N) is 2. The van der Waals surface area contributed by atoms with Gasteiger partial charge in [-0.05, 0) is 18.1 Å². The van der Waals surface area contributed by atoms with Gasteiger partial charge in [-0.2, -0.15) is 0 Å². The van der Waals surface area contributed by atoms with Crippen LogP contribution in [0.1, 0.15) is 30.8 Å². The van der Waals surface area contributed by atoms with Gasteiger partial charge in [0.05, 0.1) is 0 Å². The molecule has 0 radical (unpaired) electrons. The van der Waals surface area contributed by atoms with Gasteiger partial charge in [-0.15, -0.1) is 0 Å². The summed E-state index contributed by atoms with van der Waals surface area (Å²) in [7, 11) is 0. The van der Waals surface area contributed by atoms with E-state index in [0.717, 1.165) is 0 Å². The van der Waals surface area contributed by atoms with Crippen LogP contribution in [-0.4, -0.2) is 28.0 Å². The molecule has 2 unspecified atom stereocenters. The third-order valence-corrected chi connectivity index (χ3v) is 2.61. The third kappa shape index (κ3) is 2.85. The molecule has 2 atom stereocenters. The van der Waals surface area contributed by atoms with Crippen LogP contribution in [0.15, 0.2) is 18.3 Å². The van der Waals surface area contributed by atoms with Crippen molar-refractivity contribution in [2.45, 2.75) is 26.3 Å². The Hall–Kier alpha value is -1.78. The highest BCUT2D eigenvalue weighted by Crippen LogP contribution is 2.08. The first-order chi connectivity index (χ1) is 7.56. The number of rotatable bonds is 5. The first kappa shape index (κ1) is 12.3.